The van der Waals surface area contributed by atoms with E-state index in [0.717, 1.165) is 6.07 Å². The summed E-state index contributed by atoms with van der Waals surface area (Å²) in [6.07, 6.45) is -4.68. The molecular weight excluding hydrogens is 540 g/mol. The fraction of sp³-hybridized carbons (Fsp3) is 0.214. The third-order valence-electron chi connectivity index (χ3n) is 6.81. The van der Waals surface area contributed by atoms with Gasteiger partial charge in [0.25, 0.3) is 0 Å². The maximum atomic E-state index is 14.4. The van der Waals surface area contributed by atoms with Crippen LogP contribution in [0, 0.1) is 24.4 Å². The van der Waals surface area contributed by atoms with E-state index in [0.29, 0.717) is 18.0 Å². The average molecular weight is 561 g/mol. The molecule has 0 bridgehead atoms. The van der Waals surface area contributed by atoms with Crippen LogP contribution in [0.25, 0.3) is 27.7 Å². The standard InChI is InChI=1S/C28H21F6N3O3/c1-12(38)7-14-10-21(26(39)15-8-18(29)23(31)19(30)9-15)37-6-4-5-16(25(14)37)22-17(28(32,33)34)11-20-24(27(22)40)35-13(2)36(20)3/h4-6,8-12,38,40H,7H2,1-3H3. The number of aromatic hydroxyl groups is 1. The zero-order valence-electron chi connectivity index (χ0n) is 21.2. The van der Waals surface area contributed by atoms with Crippen LogP contribution >= 0.6 is 0 Å². The molecule has 0 radical (unpaired) electrons. The summed E-state index contributed by atoms with van der Waals surface area (Å²) in [4.78, 5) is 17.6. The molecule has 0 aliphatic rings. The molecule has 3 aromatic heterocycles. The van der Waals surface area contributed by atoms with Crippen molar-refractivity contribution < 1.29 is 41.4 Å². The van der Waals surface area contributed by atoms with E-state index in [4.69, 9.17) is 0 Å². The molecule has 40 heavy (non-hydrogen) atoms. The lowest BCUT2D eigenvalue weighted by Gasteiger charge is -2.18. The minimum absolute atomic E-state index is 0.0441. The number of nitrogens with zero attached hydrogens (tertiary/aromatic N) is 3. The average Bonchev–Trinajstić information content (AvgIpc) is 3.38. The van der Waals surface area contributed by atoms with E-state index in [1.807, 2.05) is 0 Å². The molecule has 2 N–H and O–H groups in total. The number of carbonyl (C=O) groups excluding carboxylic acids is 1. The van der Waals surface area contributed by atoms with Gasteiger partial charge in [0.1, 0.15) is 11.3 Å². The number of aliphatic hydroxyl groups is 1. The van der Waals surface area contributed by atoms with Crippen molar-refractivity contribution in [1.29, 1.82) is 0 Å². The fourth-order valence-corrected chi connectivity index (χ4v) is 4.94. The summed E-state index contributed by atoms with van der Waals surface area (Å²) in [5.41, 5.74) is -2.36. The van der Waals surface area contributed by atoms with E-state index in [-0.39, 0.29) is 39.8 Å². The second kappa shape index (κ2) is 9.40. The van der Waals surface area contributed by atoms with Gasteiger partial charge in [0.2, 0.25) is 5.78 Å². The van der Waals surface area contributed by atoms with Crippen LogP contribution in [0.2, 0.25) is 0 Å². The highest BCUT2D eigenvalue weighted by atomic mass is 19.4. The van der Waals surface area contributed by atoms with Gasteiger partial charge in [-0.1, -0.05) is 6.07 Å². The number of alkyl halides is 3. The molecule has 2 aromatic carbocycles. The molecule has 5 rings (SSSR count). The number of fused-ring (bicyclic) bond motifs is 2. The highest BCUT2D eigenvalue weighted by Gasteiger charge is 2.38. The van der Waals surface area contributed by atoms with E-state index in [1.165, 1.54) is 47.3 Å². The van der Waals surface area contributed by atoms with Gasteiger partial charge in [0, 0.05) is 36.4 Å². The lowest BCUT2D eigenvalue weighted by Crippen LogP contribution is -2.10. The number of benzene rings is 2. The van der Waals surface area contributed by atoms with E-state index in [9.17, 15) is 41.4 Å². The topological polar surface area (TPSA) is 79.8 Å². The Morgan fingerprint density at radius 3 is 2.35 bits per heavy atom. The van der Waals surface area contributed by atoms with Gasteiger partial charge in [-0.2, -0.15) is 13.2 Å². The van der Waals surface area contributed by atoms with Crippen molar-refractivity contribution in [1.82, 2.24) is 14.0 Å². The van der Waals surface area contributed by atoms with Crippen LogP contribution in [0.4, 0.5) is 26.3 Å². The lowest BCUT2D eigenvalue weighted by molar-refractivity contribution is -0.137. The number of ketones is 1. The highest BCUT2D eigenvalue weighted by Crippen LogP contribution is 2.47. The van der Waals surface area contributed by atoms with Crippen LogP contribution in [0.5, 0.6) is 5.75 Å². The van der Waals surface area contributed by atoms with Crippen molar-refractivity contribution in [2.45, 2.75) is 32.5 Å². The van der Waals surface area contributed by atoms with Crippen LogP contribution in [-0.4, -0.2) is 36.1 Å². The second-order valence-corrected chi connectivity index (χ2v) is 9.56. The van der Waals surface area contributed by atoms with Gasteiger partial charge < -0.3 is 19.2 Å². The number of pyridine rings is 1. The van der Waals surface area contributed by atoms with Crippen LogP contribution in [0.15, 0.2) is 42.6 Å². The molecule has 0 aliphatic heterocycles. The Bertz CT molecular complexity index is 1810. The third kappa shape index (κ3) is 4.28. The summed E-state index contributed by atoms with van der Waals surface area (Å²) in [6, 6.07) is 5.84. The van der Waals surface area contributed by atoms with Crippen molar-refractivity contribution in [3.05, 3.63) is 88.3 Å². The normalized spacial score (nSPS) is 12.9. The van der Waals surface area contributed by atoms with Gasteiger partial charge in [0.15, 0.2) is 23.2 Å². The summed E-state index contributed by atoms with van der Waals surface area (Å²) < 4.78 is 87.2. The zero-order chi connectivity index (χ0) is 29.3. The number of aliphatic hydroxyl groups excluding tert-OH is 1. The quantitative estimate of drug-likeness (QED) is 0.155. The molecule has 6 nitrogen and oxygen atoms in total. The Labute approximate surface area is 222 Å². The monoisotopic (exact) mass is 561 g/mol. The van der Waals surface area contributed by atoms with Gasteiger partial charge in [-0.15, -0.1) is 0 Å². The maximum absolute atomic E-state index is 14.4. The first-order valence-corrected chi connectivity index (χ1v) is 12.0. The van der Waals surface area contributed by atoms with Crippen LogP contribution in [-0.2, 0) is 19.6 Å². The first-order valence-electron chi connectivity index (χ1n) is 12.0. The molecule has 208 valence electrons. The number of rotatable bonds is 5. The summed E-state index contributed by atoms with van der Waals surface area (Å²) >= 11 is 0. The second-order valence-electron chi connectivity index (χ2n) is 9.56. The fourth-order valence-electron chi connectivity index (χ4n) is 4.94. The summed E-state index contributed by atoms with van der Waals surface area (Å²) in [5.74, 6) is -6.26. The maximum Gasteiger partial charge on any atom is 0.417 e. The number of hydrogen-bond acceptors (Lipinski definition) is 4. The Kier molecular flexibility index (Phi) is 6.41. The minimum atomic E-state index is -4.91. The highest BCUT2D eigenvalue weighted by molar-refractivity contribution is 6.10. The number of carbonyl (C=O) groups is 1. The first kappa shape index (κ1) is 27.3. The van der Waals surface area contributed by atoms with Crippen molar-refractivity contribution in [2.75, 3.05) is 0 Å². The molecule has 12 heteroatoms. The van der Waals surface area contributed by atoms with Crippen molar-refractivity contribution >= 4 is 22.3 Å². The Balaban J connectivity index is 1.86. The number of aromatic nitrogens is 3. The van der Waals surface area contributed by atoms with Crippen molar-refractivity contribution in [3.63, 3.8) is 0 Å². The number of halogens is 6. The first-order chi connectivity index (χ1) is 18.7. The van der Waals surface area contributed by atoms with Gasteiger partial charge >= 0.3 is 6.18 Å². The number of phenolic OH excluding ortho intramolecular Hbond substituents is 1. The largest absolute Gasteiger partial charge is 0.505 e. The molecule has 0 aliphatic carbocycles. The smallest absolute Gasteiger partial charge is 0.417 e. The molecule has 5 aromatic rings. The zero-order valence-corrected chi connectivity index (χ0v) is 21.2. The van der Waals surface area contributed by atoms with Gasteiger partial charge in [-0.3, -0.25) is 4.79 Å². The van der Waals surface area contributed by atoms with Gasteiger partial charge in [0.05, 0.1) is 28.4 Å². The minimum Gasteiger partial charge on any atom is -0.505 e. The molecule has 0 spiro atoms. The number of phenols is 1. The summed E-state index contributed by atoms with van der Waals surface area (Å²) in [7, 11) is 1.51. The predicted octanol–water partition coefficient (Wildman–Crippen LogP) is 6.10. The Morgan fingerprint density at radius 1 is 1.10 bits per heavy atom. The molecule has 3 heterocycles. The number of aryl methyl sites for hydroxylation is 2. The molecular formula is C28H21F6N3O3. The van der Waals surface area contributed by atoms with E-state index in [2.05, 4.69) is 4.98 Å². The van der Waals surface area contributed by atoms with Crippen LogP contribution in [0.1, 0.15) is 39.9 Å². The summed E-state index contributed by atoms with van der Waals surface area (Å²) in [5, 5.41) is 21.3. The lowest BCUT2D eigenvalue weighted by atomic mass is 9.94. The molecule has 0 saturated heterocycles. The molecule has 0 amide bonds. The molecule has 1 unspecified atom stereocenters. The molecule has 1 atom stereocenters. The molecule has 0 fully saturated rings. The Morgan fingerprint density at radius 2 is 1.75 bits per heavy atom. The van der Waals surface area contributed by atoms with E-state index in [1.54, 1.807) is 6.92 Å². The third-order valence-corrected chi connectivity index (χ3v) is 6.81. The van der Waals surface area contributed by atoms with E-state index >= 15 is 0 Å². The van der Waals surface area contributed by atoms with E-state index < -0.39 is 58.0 Å². The predicted molar refractivity (Wildman–Crippen MR) is 134 cm³/mol. The molecule has 0 saturated carbocycles. The van der Waals surface area contributed by atoms with Crippen LogP contribution in [0.3, 0.4) is 0 Å². The summed E-state index contributed by atoms with van der Waals surface area (Å²) in [6.45, 7) is 3.00. The number of imidazole rings is 1. The Hall–Kier alpha value is -4.32. The van der Waals surface area contributed by atoms with Gasteiger partial charge in [-0.25, -0.2) is 18.2 Å². The van der Waals surface area contributed by atoms with Crippen molar-refractivity contribution in [3.8, 4) is 16.9 Å². The van der Waals surface area contributed by atoms with Gasteiger partial charge in [-0.05, 0) is 49.7 Å². The van der Waals surface area contributed by atoms with Crippen LogP contribution < -0.4 is 0 Å². The number of hydrogen-bond donors (Lipinski definition) is 2. The SMILES string of the molecule is Cc1nc2c(O)c(-c3cccn4c(C(=O)c5cc(F)c(F)c(F)c5)cc(CC(C)O)c34)c(C(F)(F)F)cc2n1C. The van der Waals surface area contributed by atoms with Crippen molar-refractivity contribution in [2.24, 2.45) is 7.05 Å².